The number of hydrogen-bond acceptors (Lipinski definition) is 5. The van der Waals surface area contributed by atoms with Gasteiger partial charge in [-0.1, -0.05) is 44.2 Å². The van der Waals surface area contributed by atoms with Gasteiger partial charge in [0.1, 0.15) is 11.3 Å². The molecular formula is C29H33N3O5. The maximum atomic E-state index is 14.4. The van der Waals surface area contributed by atoms with Gasteiger partial charge in [0, 0.05) is 5.54 Å². The Morgan fingerprint density at radius 2 is 1.54 bits per heavy atom. The molecule has 2 aromatic carbocycles. The first kappa shape index (κ1) is 25.0. The van der Waals surface area contributed by atoms with Crippen LogP contribution in [0.15, 0.2) is 54.6 Å². The van der Waals surface area contributed by atoms with Crippen LogP contribution in [0.5, 0.6) is 5.75 Å². The quantitative estimate of drug-likeness (QED) is 0.446. The van der Waals surface area contributed by atoms with Crippen molar-refractivity contribution < 1.29 is 23.9 Å². The molecule has 3 saturated heterocycles. The Bertz CT molecular complexity index is 1270. The van der Waals surface area contributed by atoms with Gasteiger partial charge in [0.05, 0.1) is 30.7 Å². The van der Waals surface area contributed by atoms with E-state index in [2.05, 4.69) is 0 Å². The summed E-state index contributed by atoms with van der Waals surface area (Å²) in [6.07, 6.45) is 0.270. The summed E-state index contributed by atoms with van der Waals surface area (Å²) in [6, 6.07) is 14.7. The number of carbonyl (C=O) groups excluding carboxylic acids is 4. The number of nitrogens with zero attached hydrogens (tertiary/aromatic N) is 3. The smallest absolute Gasteiger partial charge is 0.332 e. The average Bonchev–Trinajstić information content (AvgIpc) is 3.37. The van der Waals surface area contributed by atoms with Crippen molar-refractivity contribution in [1.29, 1.82) is 0 Å². The maximum Gasteiger partial charge on any atom is 0.332 e. The second kappa shape index (κ2) is 8.43. The molecule has 0 spiro atoms. The van der Waals surface area contributed by atoms with Crippen molar-refractivity contribution in [2.24, 2.45) is 17.8 Å². The largest absolute Gasteiger partial charge is 0.497 e. The number of rotatable bonds is 5. The number of hydrogen-bond donors (Lipinski definition) is 0. The Morgan fingerprint density at radius 1 is 0.919 bits per heavy atom. The molecule has 194 valence electrons. The van der Waals surface area contributed by atoms with Gasteiger partial charge in [0.25, 0.3) is 5.91 Å². The van der Waals surface area contributed by atoms with E-state index < -0.39 is 40.9 Å². The number of amides is 5. The number of ether oxygens (including phenoxy) is 1. The number of carbonyl (C=O) groups is 4. The third kappa shape index (κ3) is 3.41. The summed E-state index contributed by atoms with van der Waals surface area (Å²) < 4.78 is 5.32. The molecule has 37 heavy (non-hydrogen) atoms. The molecule has 3 aliphatic rings. The van der Waals surface area contributed by atoms with Crippen LogP contribution < -0.4 is 9.64 Å². The van der Waals surface area contributed by atoms with Gasteiger partial charge in [-0.25, -0.2) is 9.69 Å². The number of benzene rings is 2. The molecule has 5 rings (SSSR count). The van der Waals surface area contributed by atoms with Crippen LogP contribution in [0.25, 0.3) is 0 Å². The summed E-state index contributed by atoms with van der Waals surface area (Å²) in [6.45, 7) is 9.38. The second-order valence-corrected chi connectivity index (χ2v) is 11.6. The van der Waals surface area contributed by atoms with Gasteiger partial charge in [0.15, 0.2) is 0 Å². The van der Waals surface area contributed by atoms with Crippen LogP contribution in [0.1, 0.15) is 52.6 Å². The summed E-state index contributed by atoms with van der Waals surface area (Å²) in [5.74, 6) is -2.39. The maximum absolute atomic E-state index is 14.4. The highest BCUT2D eigenvalue weighted by molar-refractivity contribution is 6.26. The van der Waals surface area contributed by atoms with E-state index in [-0.39, 0.29) is 24.2 Å². The fraction of sp³-hybridized carbons (Fsp3) is 0.448. The molecule has 0 aromatic heterocycles. The molecule has 0 radical (unpaired) electrons. The molecule has 2 aromatic rings. The summed E-state index contributed by atoms with van der Waals surface area (Å²) in [5.41, 5.74) is -1.10. The van der Waals surface area contributed by atoms with Gasteiger partial charge < -0.3 is 9.64 Å². The van der Waals surface area contributed by atoms with Crippen LogP contribution in [-0.2, 0) is 14.4 Å². The zero-order chi connectivity index (χ0) is 26.9. The van der Waals surface area contributed by atoms with Crippen LogP contribution in [0.4, 0.5) is 10.5 Å². The Morgan fingerprint density at radius 3 is 2.08 bits per heavy atom. The van der Waals surface area contributed by atoms with Crippen molar-refractivity contribution in [3.05, 3.63) is 60.2 Å². The summed E-state index contributed by atoms with van der Waals surface area (Å²) >= 11 is 0. The van der Waals surface area contributed by atoms with Crippen LogP contribution in [-0.4, -0.2) is 51.7 Å². The first-order valence-electron chi connectivity index (χ1n) is 12.7. The molecule has 8 nitrogen and oxygen atoms in total. The topological polar surface area (TPSA) is 87.2 Å². The van der Waals surface area contributed by atoms with Crippen molar-refractivity contribution in [2.75, 3.05) is 12.0 Å². The number of methoxy groups -OCH3 is 1. The van der Waals surface area contributed by atoms with E-state index in [4.69, 9.17) is 4.74 Å². The van der Waals surface area contributed by atoms with Gasteiger partial charge in [-0.2, -0.15) is 0 Å². The molecule has 0 unspecified atom stereocenters. The van der Waals surface area contributed by atoms with Crippen molar-refractivity contribution in [3.63, 3.8) is 0 Å². The van der Waals surface area contributed by atoms with E-state index in [1.807, 2.05) is 52.8 Å². The highest BCUT2D eigenvalue weighted by Crippen LogP contribution is 2.61. The molecule has 0 N–H and O–H groups in total. The van der Waals surface area contributed by atoms with Gasteiger partial charge in [-0.05, 0) is 62.9 Å². The zero-order valence-corrected chi connectivity index (χ0v) is 22.1. The van der Waals surface area contributed by atoms with Crippen LogP contribution >= 0.6 is 0 Å². The summed E-state index contributed by atoms with van der Waals surface area (Å²) in [4.78, 5) is 60.8. The third-order valence-corrected chi connectivity index (χ3v) is 7.75. The predicted molar refractivity (Wildman–Crippen MR) is 138 cm³/mol. The third-order valence-electron chi connectivity index (χ3n) is 7.75. The summed E-state index contributed by atoms with van der Waals surface area (Å²) in [7, 11) is 1.56. The molecular weight excluding hydrogens is 470 g/mol. The lowest BCUT2D eigenvalue weighted by Crippen LogP contribution is -2.56. The molecule has 3 aliphatic heterocycles. The monoisotopic (exact) mass is 503 g/mol. The Hall–Kier alpha value is -3.68. The summed E-state index contributed by atoms with van der Waals surface area (Å²) in [5, 5.41) is 0. The van der Waals surface area contributed by atoms with Crippen molar-refractivity contribution in [3.8, 4) is 5.75 Å². The minimum absolute atomic E-state index is 0.0168. The minimum atomic E-state index is -1.47. The number of urea groups is 1. The lowest BCUT2D eigenvalue weighted by molar-refractivity contribution is -0.149. The van der Waals surface area contributed by atoms with E-state index in [1.165, 1.54) is 9.80 Å². The average molecular weight is 504 g/mol. The van der Waals surface area contributed by atoms with Gasteiger partial charge >= 0.3 is 6.03 Å². The van der Waals surface area contributed by atoms with Crippen molar-refractivity contribution >= 4 is 29.4 Å². The molecule has 3 heterocycles. The molecule has 0 bridgehead atoms. The minimum Gasteiger partial charge on any atom is -0.497 e. The molecule has 3 fully saturated rings. The van der Waals surface area contributed by atoms with E-state index in [1.54, 1.807) is 48.4 Å². The number of anilines is 1. The van der Waals surface area contributed by atoms with Crippen LogP contribution in [0.3, 0.4) is 0 Å². The second-order valence-electron chi connectivity index (χ2n) is 11.6. The van der Waals surface area contributed by atoms with Gasteiger partial charge in [-0.3, -0.25) is 19.3 Å². The highest BCUT2D eigenvalue weighted by atomic mass is 16.5. The number of likely N-dealkylation sites (tertiary alicyclic amines) is 1. The van der Waals surface area contributed by atoms with Crippen molar-refractivity contribution in [1.82, 2.24) is 9.80 Å². The normalized spacial score (nSPS) is 27.4. The van der Waals surface area contributed by atoms with Gasteiger partial charge in [0.2, 0.25) is 11.8 Å². The standard InChI is InChI=1S/C29H33N3O5/c1-17(2)16-29-22-21(24(33)32(25(22)34)28(3,4)5)23(18-12-14-20(37-6)15-13-18)31(29)27(36)30(26(29)35)19-10-8-7-9-11-19/h7-15,17,21-23H,16H2,1-6H3/t21-,22-,23-,29-/m1/s1. The SMILES string of the molecule is COc1ccc([C@@H]2[C@@H]3C(=O)N(C(C)(C)C)C(=O)[C@@H]3[C@]3(CC(C)C)C(=O)N(c4ccccc4)C(=O)N23)cc1. The molecule has 5 amide bonds. The first-order chi connectivity index (χ1) is 17.4. The number of fused-ring (bicyclic) bond motifs is 3. The van der Waals surface area contributed by atoms with Gasteiger partial charge in [-0.15, -0.1) is 0 Å². The van der Waals surface area contributed by atoms with Crippen molar-refractivity contribution in [2.45, 2.75) is 58.2 Å². The number of imide groups is 2. The Balaban J connectivity index is 1.77. The fourth-order valence-electron chi connectivity index (χ4n) is 6.54. The molecule has 8 heteroatoms. The van der Waals surface area contributed by atoms with Crippen LogP contribution in [0, 0.1) is 17.8 Å². The van der Waals surface area contributed by atoms with E-state index in [0.717, 1.165) is 0 Å². The molecule has 0 aliphatic carbocycles. The molecule has 4 atom stereocenters. The van der Waals surface area contributed by atoms with E-state index in [0.29, 0.717) is 17.0 Å². The van der Waals surface area contributed by atoms with Crippen LogP contribution in [0.2, 0.25) is 0 Å². The highest BCUT2D eigenvalue weighted by Gasteiger charge is 2.77. The number of para-hydroxylation sites is 1. The molecule has 0 saturated carbocycles. The zero-order valence-electron chi connectivity index (χ0n) is 22.1. The van der Waals surface area contributed by atoms with E-state index in [9.17, 15) is 19.2 Å². The Labute approximate surface area is 217 Å². The first-order valence-corrected chi connectivity index (χ1v) is 12.7. The lowest BCUT2D eigenvalue weighted by atomic mass is 9.74. The fourth-order valence-corrected chi connectivity index (χ4v) is 6.54. The lowest BCUT2D eigenvalue weighted by Gasteiger charge is -2.38. The Kier molecular flexibility index (Phi) is 5.69. The predicted octanol–water partition coefficient (Wildman–Crippen LogP) is 4.40. The van der Waals surface area contributed by atoms with E-state index >= 15 is 0 Å².